The van der Waals surface area contributed by atoms with E-state index in [-0.39, 0.29) is 17.6 Å². The third kappa shape index (κ3) is 5.62. The van der Waals surface area contributed by atoms with Crippen molar-refractivity contribution in [1.29, 1.82) is 0 Å². The van der Waals surface area contributed by atoms with Gasteiger partial charge in [0.1, 0.15) is 0 Å². The lowest BCUT2D eigenvalue weighted by Crippen LogP contribution is -2.14. The summed E-state index contributed by atoms with van der Waals surface area (Å²) in [6.45, 7) is 1.98. The molecule has 3 aromatic rings. The summed E-state index contributed by atoms with van der Waals surface area (Å²) in [5.41, 5.74) is 3.02. The number of anilines is 2. The summed E-state index contributed by atoms with van der Waals surface area (Å²) in [7, 11) is 0. The second kappa shape index (κ2) is 9.44. The lowest BCUT2D eigenvalue weighted by Gasteiger charge is -2.08. The van der Waals surface area contributed by atoms with Crippen LogP contribution in [0.3, 0.4) is 0 Å². The number of nitrogens with one attached hydrogen (secondary N) is 2. The average Bonchev–Trinajstić information content (AvgIpc) is 2.70. The molecule has 28 heavy (non-hydrogen) atoms. The van der Waals surface area contributed by atoms with Crippen molar-refractivity contribution in [3.8, 4) is 0 Å². The van der Waals surface area contributed by atoms with E-state index in [1.807, 2.05) is 55.5 Å². The van der Waals surface area contributed by atoms with Crippen LogP contribution in [0.25, 0.3) is 0 Å². The second-order valence-electron chi connectivity index (χ2n) is 6.16. The van der Waals surface area contributed by atoms with Crippen LogP contribution in [0.2, 0.25) is 5.02 Å². The number of hydrogen-bond acceptors (Lipinski definition) is 3. The molecule has 0 spiro atoms. The second-order valence-corrected chi connectivity index (χ2v) is 7.62. The molecular weight excluding hydrogens is 392 g/mol. The molecule has 0 saturated heterocycles. The van der Waals surface area contributed by atoms with E-state index in [0.29, 0.717) is 22.0 Å². The van der Waals surface area contributed by atoms with Crippen LogP contribution in [0.1, 0.15) is 15.9 Å². The molecule has 0 fully saturated rings. The number of aryl methyl sites for hydroxylation is 1. The van der Waals surface area contributed by atoms with Crippen molar-refractivity contribution in [2.45, 2.75) is 11.8 Å². The minimum Gasteiger partial charge on any atom is -0.324 e. The Labute approximate surface area is 173 Å². The van der Waals surface area contributed by atoms with E-state index in [9.17, 15) is 9.59 Å². The molecule has 0 aliphatic rings. The summed E-state index contributed by atoms with van der Waals surface area (Å²) in [5, 5.41) is 6.17. The zero-order chi connectivity index (χ0) is 19.9. The number of para-hydroxylation sites is 1. The maximum Gasteiger partial charge on any atom is 0.255 e. The highest BCUT2D eigenvalue weighted by Crippen LogP contribution is 2.23. The van der Waals surface area contributed by atoms with Gasteiger partial charge in [-0.05, 0) is 55.5 Å². The highest BCUT2D eigenvalue weighted by molar-refractivity contribution is 8.00. The molecule has 0 aliphatic carbocycles. The van der Waals surface area contributed by atoms with E-state index in [2.05, 4.69) is 10.6 Å². The molecular formula is C22H19ClN2O2S. The van der Waals surface area contributed by atoms with E-state index < -0.39 is 0 Å². The number of carbonyl (C=O) groups is 2. The third-order valence-corrected chi connectivity index (χ3v) is 5.29. The van der Waals surface area contributed by atoms with Crippen molar-refractivity contribution in [3.63, 3.8) is 0 Å². The van der Waals surface area contributed by atoms with Crippen molar-refractivity contribution < 1.29 is 9.59 Å². The largest absolute Gasteiger partial charge is 0.324 e. The summed E-state index contributed by atoms with van der Waals surface area (Å²) in [6, 6.07) is 21.9. The molecule has 2 amide bonds. The van der Waals surface area contributed by atoms with Crippen molar-refractivity contribution in [2.75, 3.05) is 16.4 Å². The Hall–Kier alpha value is -2.76. The first-order valence-corrected chi connectivity index (χ1v) is 10.0. The molecule has 3 rings (SSSR count). The molecule has 0 bridgehead atoms. The Morgan fingerprint density at radius 2 is 1.57 bits per heavy atom. The maximum absolute atomic E-state index is 12.2. The Morgan fingerprint density at radius 3 is 2.25 bits per heavy atom. The van der Waals surface area contributed by atoms with Gasteiger partial charge in [0.25, 0.3) is 5.91 Å². The maximum atomic E-state index is 12.2. The van der Waals surface area contributed by atoms with Gasteiger partial charge in [-0.1, -0.05) is 41.4 Å². The van der Waals surface area contributed by atoms with E-state index >= 15 is 0 Å². The quantitative estimate of drug-likeness (QED) is 0.517. The predicted molar refractivity (Wildman–Crippen MR) is 116 cm³/mol. The van der Waals surface area contributed by atoms with Gasteiger partial charge in [0, 0.05) is 16.1 Å². The van der Waals surface area contributed by atoms with Gasteiger partial charge in [0.2, 0.25) is 5.91 Å². The first kappa shape index (κ1) is 20.0. The molecule has 142 valence electrons. The molecule has 0 saturated carbocycles. The van der Waals surface area contributed by atoms with Crippen molar-refractivity contribution in [3.05, 3.63) is 88.9 Å². The van der Waals surface area contributed by atoms with Crippen LogP contribution >= 0.6 is 23.4 Å². The van der Waals surface area contributed by atoms with Crippen LogP contribution in [-0.4, -0.2) is 17.6 Å². The SMILES string of the molecule is Cc1ccc(C(=O)Nc2ccc(SCC(=O)Nc3ccccc3Cl)cc2)cc1. The third-order valence-electron chi connectivity index (χ3n) is 3.94. The zero-order valence-corrected chi connectivity index (χ0v) is 16.8. The molecule has 0 atom stereocenters. The first-order valence-electron chi connectivity index (χ1n) is 8.66. The molecule has 2 N–H and O–H groups in total. The number of hydrogen-bond donors (Lipinski definition) is 2. The van der Waals surface area contributed by atoms with Gasteiger partial charge in [-0.25, -0.2) is 0 Å². The van der Waals surface area contributed by atoms with Crippen LogP contribution in [-0.2, 0) is 4.79 Å². The number of benzene rings is 3. The number of rotatable bonds is 6. The van der Waals surface area contributed by atoms with Gasteiger partial charge in [-0.15, -0.1) is 11.8 Å². The standard InChI is InChI=1S/C22H19ClN2O2S/c1-15-6-8-16(9-7-15)22(27)24-17-10-12-18(13-11-17)28-14-21(26)25-20-5-3-2-4-19(20)23/h2-13H,14H2,1H3,(H,24,27)(H,25,26). The van der Waals surface area contributed by atoms with Gasteiger partial charge in [0.05, 0.1) is 16.5 Å². The van der Waals surface area contributed by atoms with Gasteiger partial charge in [-0.2, -0.15) is 0 Å². The Kier molecular flexibility index (Phi) is 6.74. The van der Waals surface area contributed by atoms with Gasteiger partial charge < -0.3 is 10.6 Å². The monoisotopic (exact) mass is 410 g/mol. The normalized spacial score (nSPS) is 10.4. The van der Waals surface area contributed by atoms with Crippen molar-refractivity contribution in [2.24, 2.45) is 0 Å². The predicted octanol–water partition coefficient (Wildman–Crippen LogP) is 5.63. The lowest BCUT2D eigenvalue weighted by molar-refractivity contribution is -0.113. The van der Waals surface area contributed by atoms with Crippen molar-refractivity contribution >= 4 is 46.6 Å². The summed E-state index contributed by atoms with van der Waals surface area (Å²) in [5.74, 6) is -0.0188. The molecule has 3 aromatic carbocycles. The number of amides is 2. The number of thioether (sulfide) groups is 1. The Bertz CT molecular complexity index is 973. The molecule has 6 heteroatoms. The smallest absolute Gasteiger partial charge is 0.255 e. The fraction of sp³-hybridized carbons (Fsp3) is 0.0909. The van der Waals surface area contributed by atoms with E-state index in [1.54, 1.807) is 24.3 Å². The highest BCUT2D eigenvalue weighted by Gasteiger charge is 2.08. The molecule has 0 unspecified atom stereocenters. The summed E-state index contributed by atoms with van der Waals surface area (Å²) >= 11 is 7.45. The Morgan fingerprint density at radius 1 is 0.893 bits per heavy atom. The molecule has 0 radical (unpaired) electrons. The van der Waals surface area contributed by atoms with Crippen LogP contribution in [0.4, 0.5) is 11.4 Å². The molecule has 4 nitrogen and oxygen atoms in total. The molecule has 0 aromatic heterocycles. The average molecular weight is 411 g/mol. The fourth-order valence-corrected chi connectivity index (χ4v) is 3.32. The van der Waals surface area contributed by atoms with E-state index in [4.69, 9.17) is 11.6 Å². The van der Waals surface area contributed by atoms with Crippen LogP contribution in [0, 0.1) is 6.92 Å². The van der Waals surface area contributed by atoms with E-state index in [1.165, 1.54) is 11.8 Å². The minimum atomic E-state index is -0.153. The molecule has 0 heterocycles. The topological polar surface area (TPSA) is 58.2 Å². The fourth-order valence-electron chi connectivity index (χ4n) is 2.44. The van der Waals surface area contributed by atoms with Crippen LogP contribution < -0.4 is 10.6 Å². The van der Waals surface area contributed by atoms with Gasteiger partial charge >= 0.3 is 0 Å². The molecule has 0 aliphatic heterocycles. The summed E-state index contributed by atoms with van der Waals surface area (Å²) in [6.07, 6.45) is 0. The summed E-state index contributed by atoms with van der Waals surface area (Å²) in [4.78, 5) is 25.3. The lowest BCUT2D eigenvalue weighted by atomic mass is 10.1. The Balaban J connectivity index is 1.51. The first-order chi connectivity index (χ1) is 13.5. The minimum absolute atomic E-state index is 0.130. The summed E-state index contributed by atoms with van der Waals surface area (Å²) < 4.78 is 0. The number of halogens is 1. The zero-order valence-electron chi connectivity index (χ0n) is 15.2. The number of carbonyl (C=O) groups excluding carboxylic acids is 2. The van der Waals surface area contributed by atoms with Crippen LogP contribution in [0.15, 0.2) is 77.7 Å². The van der Waals surface area contributed by atoms with Gasteiger partial charge in [0.15, 0.2) is 0 Å². The van der Waals surface area contributed by atoms with Crippen LogP contribution in [0.5, 0.6) is 0 Å². The van der Waals surface area contributed by atoms with Crippen molar-refractivity contribution in [1.82, 2.24) is 0 Å². The van der Waals surface area contributed by atoms with Gasteiger partial charge in [-0.3, -0.25) is 9.59 Å². The van der Waals surface area contributed by atoms with E-state index in [0.717, 1.165) is 10.5 Å². The highest BCUT2D eigenvalue weighted by atomic mass is 35.5.